The van der Waals surface area contributed by atoms with Gasteiger partial charge >= 0.3 is 0 Å². The third kappa shape index (κ3) is 2.61. The van der Waals surface area contributed by atoms with E-state index >= 15 is 0 Å². The summed E-state index contributed by atoms with van der Waals surface area (Å²) >= 11 is 2.11. The van der Waals surface area contributed by atoms with Gasteiger partial charge in [0.2, 0.25) is 0 Å². The number of hydrogen-bond acceptors (Lipinski definition) is 3. The van der Waals surface area contributed by atoms with E-state index in [0.717, 1.165) is 19.1 Å². The molecule has 0 aliphatic carbocycles. The minimum atomic E-state index is 0.700. The summed E-state index contributed by atoms with van der Waals surface area (Å²) in [6, 6.07) is 0.700. The van der Waals surface area contributed by atoms with Crippen LogP contribution in [-0.2, 0) is 4.74 Å². The summed E-state index contributed by atoms with van der Waals surface area (Å²) in [6.45, 7) is 3.20. The van der Waals surface area contributed by atoms with E-state index in [1.54, 1.807) is 0 Å². The Bertz CT molecular complexity index is 153. The first-order valence-electron chi connectivity index (χ1n) is 5.22. The van der Waals surface area contributed by atoms with Crippen LogP contribution in [0.2, 0.25) is 0 Å². The predicted molar refractivity (Wildman–Crippen MR) is 57.3 cm³/mol. The Labute approximate surface area is 85.0 Å². The normalized spacial score (nSPS) is 34.6. The van der Waals surface area contributed by atoms with Crippen LogP contribution in [0.1, 0.15) is 12.8 Å². The van der Waals surface area contributed by atoms with E-state index in [2.05, 4.69) is 23.7 Å². The average Bonchev–Trinajstić information content (AvgIpc) is 2.74. The summed E-state index contributed by atoms with van der Waals surface area (Å²) in [5, 5.41) is 0. The van der Waals surface area contributed by atoms with E-state index in [1.165, 1.54) is 30.9 Å². The van der Waals surface area contributed by atoms with Crippen molar-refractivity contribution in [3.8, 4) is 0 Å². The van der Waals surface area contributed by atoms with Gasteiger partial charge in [0.25, 0.3) is 0 Å². The molecule has 0 spiro atoms. The van der Waals surface area contributed by atoms with Crippen molar-refractivity contribution >= 4 is 11.8 Å². The van der Waals surface area contributed by atoms with Crippen LogP contribution in [0, 0.1) is 5.92 Å². The van der Waals surface area contributed by atoms with Crippen LogP contribution in [-0.4, -0.2) is 49.3 Å². The van der Waals surface area contributed by atoms with Crippen molar-refractivity contribution in [1.82, 2.24) is 4.90 Å². The lowest BCUT2D eigenvalue weighted by molar-refractivity contribution is 0.151. The molecule has 76 valence electrons. The molecule has 0 aromatic carbocycles. The third-order valence-corrected chi connectivity index (χ3v) is 4.33. The molecule has 3 heteroatoms. The van der Waals surface area contributed by atoms with Crippen LogP contribution >= 0.6 is 11.8 Å². The quantitative estimate of drug-likeness (QED) is 0.686. The van der Waals surface area contributed by atoms with Gasteiger partial charge in [0.05, 0.1) is 6.61 Å². The van der Waals surface area contributed by atoms with Crippen LogP contribution in [0.25, 0.3) is 0 Å². The van der Waals surface area contributed by atoms with Gasteiger partial charge in [-0.3, -0.25) is 0 Å². The van der Waals surface area contributed by atoms with Gasteiger partial charge in [-0.15, -0.1) is 0 Å². The van der Waals surface area contributed by atoms with E-state index in [1.807, 2.05) is 0 Å². The van der Waals surface area contributed by atoms with Gasteiger partial charge < -0.3 is 9.64 Å². The molecule has 0 radical (unpaired) electrons. The van der Waals surface area contributed by atoms with Crippen molar-refractivity contribution in [2.45, 2.75) is 18.9 Å². The maximum Gasteiger partial charge on any atom is 0.0622 e. The highest BCUT2D eigenvalue weighted by molar-refractivity contribution is 7.99. The second-order valence-corrected chi connectivity index (χ2v) is 5.34. The van der Waals surface area contributed by atoms with E-state index in [4.69, 9.17) is 4.74 Å². The maximum atomic E-state index is 5.40. The SMILES string of the molecule is CN(CC1CCSC1)C1CCOC1. The lowest BCUT2D eigenvalue weighted by Gasteiger charge is -2.25. The fraction of sp³-hybridized carbons (Fsp3) is 1.00. The topological polar surface area (TPSA) is 12.5 Å². The Morgan fingerprint density at radius 2 is 2.38 bits per heavy atom. The Kier molecular flexibility index (Phi) is 3.52. The molecular weight excluding hydrogens is 182 g/mol. The third-order valence-electron chi connectivity index (χ3n) is 3.10. The minimum absolute atomic E-state index is 0.700. The molecule has 2 rings (SSSR count). The van der Waals surface area contributed by atoms with Gasteiger partial charge in [-0.1, -0.05) is 0 Å². The van der Waals surface area contributed by atoms with Crippen molar-refractivity contribution in [2.75, 3.05) is 38.3 Å². The first-order valence-corrected chi connectivity index (χ1v) is 6.37. The molecule has 0 saturated carbocycles. The van der Waals surface area contributed by atoms with Gasteiger partial charge in [-0.25, -0.2) is 0 Å². The fourth-order valence-corrected chi connectivity index (χ4v) is 3.43. The lowest BCUT2D eigenvalue weighted by Crippen LogP contribution is -2.35. The summed E-state index contributed by atoms with van der Waals surface area (Å²) in [5.74, 6) is 3.69. The van der Waals surface area contributed by atoms with Crippen molar-refractivity contribution in [3.63, 3.8) is 0 Å². The zero-order chi connectivity index (χ0) is 9.10. The minimum Gasteiger partial charge on any atom is -0.380 e. The zero-order valence-electron chi connectivity index (χ0n) is 8.37. The molecule has 2 atom stereocenters. The highest BCUT2D eigenvalue weighted by atomic mass is 32.2. The molecule has 0 aromatic rings. The van der Waals surface area contributed by atoms with Crippen molar-refractivity contribution in [3.05, 3.63) is 0 Å². The molecule has 2 fully saturated rings. The number of likely N-dealkylation sites (N-methyl/N-ethyl adjacent to an activating group) is 1. The molecule has 0 bridgehead atoms. The summed E-state index contributed by atoms with van der Waals surface area (Å²) in [5.41, 5.74) is 0. The van der Waals surface area contributed by atoms with Gasteiger partial charge in [-0.05, 0) is 37.3 Å². The second-order valence-electron chi connectivity index (χ2n) is 4.19. The Hall–Kier alpha value is 0.270. The molecule has 2 unspecified atom stereocenters. The van der Waals surface area contributed by atoms with Gasteiger partial charge in [0, 0.05) is 19.2 Å². The van der Waals surface area contributed by atoms with Crippen molar-refractivity contribution in [1.29, 1.82) is 0 Å². The van der Waals surface area contributed by atoms with Crippen LogP contribution in [0.15, 0.2) is 0 Å². The summed E-state index contributed by atoms with van der Waals surface area (Å²) in [4.78, 5) is 2.50. The number of nitrogens with zero attached hydrogens (tertiary/aromatic N) is 1. The van der Waals surface area contributed by atoms with Crippen LogP contribution in [0.3, 0.4) is 0 Å². The standard InChI is InChI=1S/C10H19NOS/c1-11(10-2-4-12-7-10)6-9-3-5-13-8-9/h9-10H,2-8H2,1H3. The van der Waals surface area contributed by atoms with Crippen molar-refractivity contribution < 1.29 is 4.74 Å². The van der Waals surface area contributed by atoms with Gasteiger partial charge in [-0.2, -0.15) is 11.8 Å². The maximum absolute atomic E-state index is 5.40. The first-order chi connectivity index (χ1) is 6.36. The highest BCUT2D eigenvalue weighted by Crippen LogP contribution is 2.25. The van der Waals surface area contributed by atoms with Crippen LogP contribution in [0.5, 0.6) is 0 Å². The summed E-state index contributed by atoms with van der Waals surface area (Å²) < 4.78 is 5.40. The molecular formula is C10H19NOS. The number of hydrogen-bond donors (Lipinski definition) is 0. The molecule has 2 saturated heterocycles. The zero-order valence-corrected chi connectivity index (χ0v) is 9.18. The smallest absolute Gasteiger partial charge is 0.0622 e. The second kappa shape index (κ2) is 4.67. The number of ether oxygens (including phenoxy) is 1. The fourth-order valence-electron chi connectivity index (χ4n) is 2.15. The van der Waals surface area contributed by atoms with Gasteiger partial charge in [0.1, 0.15) is 0 Å². The Balaban J connectivity index is 1.73. The molecule has 0 amide bonds. The Morgan fingerprint density at radius 1 is 1.46 bits per heavy atom. The van der Waals surface area contributed by atoms with E-state index in [9.17, 15) is 0 Å². The molecule has 13 heavy (non-hydrogen) atoms. The monoisotopic (exact) mass is 201 g/mol. The first kappa shape index (κ1) is 9.81. The molecule has 0 aromatic heterocycles. The molecule has 2 nitrogen and oxygen atoms in total. The largest absolute Gasteiger partial charge is 0.380 e. The number of rotatable bonds is 3. The molecule has 2 aliphatic rings. The average molecular weight is 201 g/mol. The summed E-state index contributed by atoms with van der Waals surface area (Å²) in [7, 11) is 2.25. The van der Waals surface area contributed by atoms with Crippen LogP contribution in [0.4, 0.5) is 0 Å². The van der Waals surface area contributed by atoms with Crippen molar-refractivity contribution in [2.24, 2.45) is 5.92 Å². The number of thioether (sulfide) groups is 1. The van der Waals surface area contributed by atoms with Crippen LogP contribution < -0.4 is 0 Å². The van der Waals surface area contributed by atoms with E-state index in [0.29, 0.717) is 6.04 Å². The van der Waals surface area contributed by atoms with E-state index in [-0.39, 0.29) is 0 Å². The molecule has 0 N–H and O–H groups in total. The highest BCUT2D eigenvalue weighted by Gasteiger charge is 2.24. The lowest BCUT2D eigenvalue weighted by atomic mass is 10.1. The summed E-state index contributed by atoms with van der Waals surface area (Å²) in [6.07, 6.45) is 2.65. The van der Waals surface area contributed by atoms with E-state index < -0.39 is 0 Å². The predicted octanol–water partition coefficient (Wildman–Crippen LogP) is 1.46. The molecule has 2 heterocycles. The molecule has 2 aliphatic heterocycles. The Morgan fingerprint density at radius 3 is 3.00 bits per heavy atom. The van der Waals surface area contributed by atoms with Gasteiger partial charge in [0.15, 0.2) is 0 Å².